The van der Waals surface area contributed by atoms with Gasteiger partial charge in [-0.25, -0.2) is 4.98 Å². The number of thiophene rings is 1. The number of ether oxygens (including phenoxy) is 1. The molecule has 2 aromatic heterocycles. The van der Waals surface area contributed by atoms with Crippen molar-refractivity contribution >= 4 is 21.4 Å². The molecule has 4 heteroatoms. The van der Waals surface area contributed by atoms with Crippen LogP contribution in [0.1, 0.15) is 5.56 Å². The molecule has 92 valence electrons. The van der Waals surface area contributed by atoms with E-state index >= 15 is 0 Å². The predicted octanol–water partition coefficient (Wildman–Crippen LogP) is 3.68. The molecule has 3 nitrogen and oxygen atoms in total. The SMILES string of the molecule is COCn1ccnc1-c1ccc2scc(C)c2c1. The van der Waals surface area contributed by atoms with Crippen molar-refractivity contribution in [2.24, 2.45) is 0 Å². The smallest absolute Gasteiger partial charge is 0.141 e. The van der Waals surface area contributed by atoms with Crippen molar-refractivity contribution in [3.8, 4) is 11.4 Å². The average Bonchev–Trinajstić information content (AvgIpc) is 2.97. The van der Waals surface area contributed by atoms with Crippen LogP contribution in [0.15, 0.2) is 36.0 Å². The van der Waals surface area contributed by atoms with Crippen molar-refractivity contribution in [3.63, 3.8) is 0 Å². The van der Waals surface area contributed by atoms with Crippen molar-refractivity contribution in [1.29, 1.82) is 0 Å². The van der Waals surface area contributed by atoms with Crippen LogP contribution in [0.4, 0.5) is 0 Å². The fourth-order valence-corrected chi connectivity index (χ4v) is 3.03. The number of imidazole rings is 1. The van der Waals surface area contributed by atoms with E-state index in [-0.39, 0.29) is 0 Å². The van der Waals surface area contributed by atoms with Crippen molar-refractivity contribution in [2.45, 2.75) is 13.7 Å². The van der Waals surface area contributed by atoms with Crippen LogP contribution in [0.2, 0.25) is 0 Å². The van der Waals surface area contributed by atoms with Gasteiger partial charge in [-0.05, 0) is 41.5 Å². The summed E-state index contributed by atoms with van der Waals surface area (Å²) in [5.41, 5.74) is 2.45. The summed E-state index contributed by atoms with van der Waals surface area (Å²) in [7, 11) is 1.69. The molecule has 0 aliphatic rings. The highest BCUT2D eigenvalue weighted by atomic mass is 32.1. The summed E-state index contributed by atoms with van der Waals surface area (Å²) in [6.45, 7) is 2.67. The predicted molar refractivity (Wildman–Crippen MR) is 74.8 cm³/mol. The van der Waals surface area contributed by atoms with E-state index in [0.29, 0.717) is 6.73 Å². The molecule has 3 rings (SSSR count). The molecule has 0 radical (unpaired) electrons. The molecule has 0 spiro atoms. The summed E-state index contributed by atoms with van der Waals surface area (Å²) in [6, 6.07) is 6.48. The van der Waals surface area contributed by atoms with Gasteiger partial charge < -0.3 is 9.30 Å². The topological polar surface area (TPSA) is 27.1 Å². The third kappa shape index (κ3) is 1.83. The molecular formula is C14H14N2OS. The van der Waals surface area contributed by atoms with E-state index in [0.717, 1.165) is 11.4 Å². The van der Waals surface area contributed by atoms with Gasteiger partial charge in [0.15, 0.2) is 0 Å². The Bertz CT molecular complexity index is 684. The molecule has 0 saturated carbocycles. The highest BCUT2D eigenvalue weighted by Crippen LogP contribution is 2.29. The van der Waals surface area contributed by atoms with E-state index in [1.54, 1.807) is 24.6 Å². The minimum Gasteiger partial charge on any atom is -0.364 e. The van der Waals surface area contributed by atoms with Gasteiger partial charge in [-0.3, -0.25) is 0 Å². The second-order valence-electron chi connectivity index (χ2n) is 4.27. The van der Waals surface area contributed by atoms with Gasteiger partial charge in [-0.1, -0.05) is 0 Å². The maximum absolute atomic E-state index is 5.17. The summed E-state index contributed by atoms with van der Waals surface area (Å²) < 4.78 is 8.49. The fraction of sp³-hybridized carbons (Fsp3) is 0.214. The second-order valence-corrected chi connectivity index (χ2v) is 5.18. The second kappa shape index (κ2) is 4.55. The lowest BCUT2D eigenvalue weighted by Crippen LogP contribution is -2.00. The van der Waals surface area contributed by atoms with Crippen LogP contribution in [-0.4, -0.2) is 16.7 Å². The average molecular weight is 258 g/mol. The first kappa shape index (κ1) is 11.4. The molecule has 0 aliphatic carbocycles. The van der Waals surface area contributed by atoms with Crippen LogP contribution < -0.4 is 0 Å². The van der Waals surface area contributed by atoms with E-state index < -0.39 is 0 Å². The Morgan fingerprint density at radius 1 is 1.39 bits per heavy atom. The van der Waals surface area contributed by atoms with Gasteiger partial charge in [0.25, 0.3) is 0 Å². The zero-order valence-corrected chi connectivity index (χ0v) is 11.2. The molecule has 0 amide bonds. The van der Waals surface area contributed by atoms with E-state index in [1.807, 2.05) is 10.8 Å². The number of rotatable bonds is 3. The minimum absolute atomic E-state index is 0.524. The molecule has 0 atom stereocenters. The quantitative estimate of drug-likeness (QED) is 0.716. The number of hydrogen-bond acceptors (Lipinski definition) is 3. The zero-order valence-electron chi connectivity index (χ0n) is 10.4. The van der Waals surface area contributed by atoms with Gasteiger partial charge in [-0.15, -0.1) is 11.3 Å². The largest absolute Gasteiger partial charge is 0.364 e. The van der Waals surface area contributed by atoms with E-state index in [2.05, 4.69) is 35.5 Å². The monoisotopic (exact) mass is 258 g/mol. The maximum Gasteiger partial charge on any atom is 0.141 e. The first-order valence-electron chi connectivity index (χ1n) is 5.78. The molecule has 0 N–H and O–H groups in total. The highest BCUT2D eigenvalue weighted by molar-refractivity contribution is 7.17. The number of benzene rings is 1. The Kier molecular flexibility index (Phi) is 2.89. The number of aromatic nitrogens is 2. The van der Waals surface area contributed by atoms with Gasteiger partial charge >= 0.3 is 0 Å². The lowest BCUT2D eigenvalue weighted by atomic mass is 10.1. The number of nitrogens with zero attached hydrogens (tertiary/aromatic N) is 2. The molecule has 0 bridgehead atoms. The zero-order chi connectivity index (χ0) is 12.5. The van der Waals surface area contributed by atoms with Crippen molar-refractivity contribution in [1.82, 2.24) is 9.55 Å². The molecule has 2 heterocycles. The standard InChI is InChI=1S/C14H14N2OS/c1-10-8-18-13-4-3-11(7-12(10)13)14-15-5-6-16(14)9-17-2/h3-8H,9H2,1-2H3. The minimum atomic E-state index is 0.524. The van der Waals surface area contributed by atoms with Gasteiger partial charge in [0.2, 0.25) is 0 Å². The van der Waals surface area contributed by atoms with Crippen LogP contribution in [0, 0.1) is 6.92 Å². The Morgan fingerprint density at radius 3 is 3.11 bits per heavy atom. The van der Waals surface area contributed by atoms with Crippen LogP contribution in [0.25, 0.3) is 21.5 Å². The Hall–Kier alpha value is -1.65. The Morgan fingerprint density at radius 2 is 2.28 bits per heavy atom. The summed E-state index contributed by atoms with van der Waals surface area (Å²) in [5.74, 6) is 0.948. The molecule has 0 saturated heterocycles. The third-order valence-corrected chi connectivity index (χ3v) is 4.09. The molecule has 0 fully saturated rings. The Balaban J connectivity index is 2.12. The maximum atomic E-state index is 5.17. The summed E-state index contributed by atoms with van der Waals surface area (Å²) in [6.07, 6.45) is 3.74. The Labute approximate surface area is 110 Å². The summed E-state index contributed by atoms with van der Waals surface area (Å²) >= 11 is 1.78. The third-order valence-electron chi connectivity index (χ3n) is 3.01. The van der Waals surface area contributed by atoms with E-state index in [4.69, 9.17) is 4.74 Å². The molecule has 18 heavy (non-hydrogen) atoms. The van der Waals surface area contributed by atoms with Crippen molar-refractivity contribution < 1.29 is 4.74 Å². The molecule has 3 aromatic rings. The number of fused-ring (bicyclic) bond motifs is 1. The number of aryl methyl sites for hydroxylation is 1. The van der Waals surface area contributed by atoms with Crippen LogP contribution >= 0.6 is 11.3 Å². The normalized spacial score (nSPS) is 11.2. The van der Waals surface area contributed by atoms with Crippen LogP contribution in [-0.2, 0) is 11.5 Å². The fourth-order valence-electron chi connectivity index (χ4n) is 2.11. The van der Waals surface area contributed by atoms with Gasteiger partial charge in [0.05, 0.1) is 0 Å². The summed E-state index contributed by atoms with van der Waals surface area (Å²) in [4.78, 5) is 4.41. The first-order valence-corrected chi connectivity index (χ1v) is 6.66. The summed E-state index contributed by atoms with van der Waals surface area (Å²) in [5, 5.41) is 3.50. The highest BCUT2D eigenvalue weighted by Gasteiger charge is 2.08. The number of methoxy groups -OCH3 is 1. The molecule has 0 unspecified atom stereocenters. The van der Waals surface area contributed by atoms with Gasteiger partial charge in [0.1, 0.15) is 12.6 Å². The van der Waals surface area contributed by atoms with Crippen molar-refractivity contribution in [3.05, 3.63) is 41.5 Å². The van der Waals surface area contributed by atoms with Crippen molar-refractivity contribution in [2.75, 3.05) is 7.11 Å². The van der Waals surface area contributed by atoms with Gasteiger partial charge in [-0.2, -0.15) is 0 Å². The molecule has 0 aliphatic heterocycles. The molecule has 1 aromatic carbocycles. The van der Waals surface area contributed by atoms with Gasteiger partial charge in [0, 0.05) is 29.8 Å². The van der Waals surface area contributed by atoms with E-state index in [1.165, 1.54) is 15.6 Å². The van der Waals surface area contributed by atoms with Crippen LogP contribution in [0.5, 0.6) is 0 Å². The number of hydrogen-bond donors (Lipinski definition) is 0. The first-order chi connectivity index (χ1) is 8.79. The van der Waals surface area contributed by atoms with Crippen LogP contribution in [0.3, 0.4) is 0 Å². The lowest BCUT2D eigenvalue weighted by molar-refractivity contribution is 0.132. The lowest BCUT2D eigenvalue weighted by Gasteiger charge is -2.06. The van der Waals surface area contributed by atoms with E-state index in [9.17, 15) is 0 Å². The molecular weight excluding hydrogens is 244 g/mol.